The highest BCUT2D eigenvalue weighted by atomic mass is 19.4. The van der Waals surface area contributed by atoms with Crippen molar-refractivity contribution in [3.8, 4) is 0 Å². The van der Waals surface area contributed by atoms with Crippen LogP contribution >= 0.6 is 0 Å². The lowest BCUT2D eigenvalue weighted by Crippen LogP contribution is -2.38. The molecule has 1 aromatic carbocycles. The van der Waals surface area contributed by atoms with Gasteiger partial charge in [0.2, 0.25) is 0 Å². The van der Waals surface area contributed by atoms with Crippen molar-refractivity contribution in [2.24, 2.45) is 0 Å². The van der Waals surface area contributed by atoms with E-state index in [2.05, 4.69) is 5.32 Å². The van der Waals surface area contributed by atoms with Gasteiger partial charge in [-0.25, -0.2) is 4.79 Å². The van der Waals surface area contributed by atoms with Gasteiger partial charge in [0.1, 0.15) is 0 Å². The fourth-order valence-corrected chi connectivity index (χ4v) is 2.30. The van der Waals surface area contributed by atoms with Crippen molar-refractivity contribution in [3.05, 3.63) is 29.3 Å². The Morgan fingerprint density at radius 3 is 2.45 bits per heavy atom. The fourth-order valence-electron chi connectivity index (χ4n) is 2.30. The van der Waals surface area contributed by atoms with Crippen LogP contribution in [0, 0.1) is 6.92 Å². The fraction of sp³-hybridized carbons (Fsp3) is 0.500. The molecule has 3 nitrogen and oxygen atoms in total. The third kappa shape index (κ3) is 3.43. The summed E-state index contributed by atoms with van der Waals surface area (Å²) in [4.78, 5) is 13.6. The number of benzene rings is 1. The van der Waals surface area contributed by atoms with Gasteiger partial charge in [-0.3, -0.25) is 0 Å². The average molecular weight is 286 g/mol. The lowest BCUT2D eigenvalue weighted by molar-refractivity contribution is -0.138. The molecule has 1 aromatic rings. The van der Waals surface area contributed by atoms with Gasteiger partial charge in [-0.05, 0) is 43.9 Å². The van der Waals surface area contributed by atoms with Crippen LogP contribution in [0.3, 0.4) is 0 Å². The summed E-state index contributed by atoms with van der Waals surface area (Å²) in [5, 5.41) is 2.54. The molecule has 0 unspecified atom stereocenters. The third-order valence-electron chi connectivity index (χ3n) is 3.44. The van der Waals surface area contributed by atoms with E-state index < -0.39 is 11.7 Å². The van der Waals surface area contributed by atoms with Gasteiger partial charge in [-0.15, -0.1) is 0 Å². The number of nitrogens with one attached hydrogen (secondary N) is 1. The van der Waals surface area contributed by atoms with Crippen molar-refractivity contribution < 1.29 is 18.0 Å². The van der Waals surface area contributed by atoms with Crippen LogP contribution in [0.2, 0.25) is 0 Å². The van der Waals surface area contributed by atoms with Crippen LogP contribution in [0.25, 0.3) is 0 Å². The Balaban J connectivity index is 2.11. The quantitative estimate of drug-likeness (QED) is 0.830. The number of carbonyl (C=O) groups excluding carboxylic acids is 1. The summed E-state index contributed by atoms with van der Waals surface area (Å²) >= 11 is 0. The van der Waals surface area contributed by atoms with E-state index in [1.807, 2.05) is 0 Å². The number of aryl methyl sites for hydroxylation is 1. The number of hydrogen-bond acceptors (Lipinski definition) is 1. The van der Waals surface area contributed by atoms with Crippen LogP contribution < -0.4 is 5.32 Å². The predicted molar refractivity (Wildman–Crippen MR) is 70.6 cm³/mol. The SMILES string of the molecule is Cc1ccc(NC(=O)N2CCCCC2)cc1C(F)(F)F. The first-order valence-electron chi connectivity index (χ1n) is 6.62. The molecule has 2 rings (SSSR count). The molecule has 0 saturated carbocycles. The molecule has 110 valence electrons. The van der Waals surface area contributed by atoms with Crippen molar-refractivity contribution in [1.29, 1.82) is 0 Å². The monoisotopic (exact) mass is 286 g/mol. The second-order valence-electron chi connectivity index (χ2n) is 5.01. The van der Waals surface area contributed by atoms with Crippen LogP contribution in [0.4, 0.5) is 23.7 Å². The van der Waals surface area contributed by atoms with E-state index in [1.54, 1.807) is 4.90 Å². The maximum Gasteiger partial charge on any atom is 0.416 e. The van der Waals surface area contributed by atoms with Crippen molar-refractivity contribution in [2.75, 3.05) is 18.4 Å². The number of anilines is 1. The molecule has 0 aliphatic carbocycles. The third-order valence-corrected chi connectivity index (χ3v) is 3.44. The summed E-state index contributed by atoms with van der Waals surface area (Å²) in [6, 6.07) is 3.51. The molecule has 0 atom stereocenters. The topological polar surface area (TPSA) is 32.3 Å². The van der Waals surface area contributed by atoms with E-state index in [4.69, 9.17) is 0 Å². The van der Waals surface area contributed by atoms with E-state index in [0.717, 1.165) is 25.3 Å². The van der Waals surface area contributed by atoms with Crippen LogP contribution in [0.1, 0.15) is 30.4 Å². The molecule has 20 heavy (non-hydrogen) atoms. The molecular formula is C14H17F3N2O. The summed E-state index contributed by atoms with van der Waals surface area (Å²) in [5.74, 6) is 0. The van der Waals surface area contributed by atoms with Crippen molar-refractivity contribution in [3.63, 3.8) is 0 Å². The van der Waals surface area contributed by atoms with Gasteiger partial charge in [-0.1, -0.05) is 6.07 Å². The Morgan fingerprint density at radius 1 is 1.20 bits per heavy atom. The van der Waals surface area contributed by atoms with Gasteiger partial charge in [0, 0.05) is 18.8 Å². The van der Waals surface area contributed by atoms with Gasteiger partial charge >= 0.3 is 12.2 Å². The van der Waals surface area contributed by atoms with E-state index in [9.17, 15) is 18.0 Å². The molecule has 0 spiro atoms. The minimum atomic E-state index is -4.41. The first-order chi connectivity index (χ1) is 9.38. The molecule has 2 amide bonds. The molecule has 0 radical (unpaired) electrons. The number of halogens is 3. The molecule has 1 fully saturated rings. The molecular weight excluding hydrogens is 269 g/mol. The molecule has 1 N–H and O–H groups in total. The molecule has 1 aliphatic rings. The number of amides is 2. The zero-order chi connectivity index (χ0) is 14.8. The Bertz CT molecular complexity index is 494. The summed E-state index contributed by atoms with van der Waals surface area (Å²) in [6.45, 7) is 2.71. The Kier molecular flexibility index (Phi) is 4.20. The molecule has 6 heteroatoms. The minimum Gasteiger partial charge on any atom is -0.325 e. The summed E-state index contributed by atoms with van der Waals surface area (Å²) in [5.41, 5.74) is -0.388. The average Bonchev–Trinajstić information content (AvgIpc) is 2.40. The van der Waals surface area contributed by atoms with Crippen molar-refractivity contribution in [1.82, 2.24) is 4.90 Å². The summed E-state index contributed by atoms with van der Waals surface area (Å²) in [7, 11) is 0. The highest BCUT2D eigenvalue weighted by Gasteiger charge is 2.32. The molecule has 0 aromatic heterocycles. The summed E-state index contributed by atoms with van der Waals surface area (Å²) in [6.07, 6.45) is -1.44. The van der Waals surface area contributed by atoms with Crippen LogP contribution in [-0.4, -0.2) is 24.0 Å². The van der Waals surface area contributed by atoms with Crippen LogP contribution in [0.5, 0.6) is 0 Å². The van der Waals surface area contributed by atoms with Gasteiger partial charge in [0.05, 0.1) is 5.56 Å². The smallest absolute Gasteiger partial charge is 0.325 e. The maximum absolute atomic E-state index is 12.8. The number of alkyl halides is 3. The highest BCUT2D eigenvalue weighted by molar-refractivity contribution is 5.89. The number of hydrogen-bond donors (Lipinski definition) is 1. The van der Waals surface area contributed by atoms with Crippen molar-refractivity contribution >= 4 is 11.7 Å². The number of piperidine rings is 1. The molecule has 0 bridgehead atoms. The highest BCUT2D eigenvalue weighted by Crippen LogP contribution is 2.33. The van der Waals surface area contributed by atoms with E-state index in [1.165, 1.54) is 19.1 Å². The minimum absolute atomic E-state index is 0.147. The molecule has 1 aliphatic heterocycles. The lowest BCUT2D eigenvalue weighted by atomic mass is 10.1. The first kappa shape index (κ1) is 14.7. The van der Waals surface area contributed by atoms with Crippen LogP contribution in [-0.2, 0) is 6.18 Å². The van der Waals surface area contributed by atoms with Gasteiger partial charge in [0.25, 0.3) is 0 Å². The predicted octanol–water partition coefficient (Wildman–Crippen LogP) is 4.03. The van der Waals surface area contributed by atoms with E-state index in [0.29, 0.717) is 13.1 Å². The van der Waals surface area contributed by atoms with Gasteiger partial charge in [-0.2, -0.15) is 13.2 Å². The zero-order valence-electron chi connectivity index (χ0n) is 11.3. The summed E-state index contributed by atoms with van der Waals surface area (Å²) < 4.78 is 38.4. The molecule has 1 heterocycles. The van der Waals surface area contributed by atoms with Crippen molar-refractivity contribution in [2.45, 2.75) is 32.4 Å². The lowest BCUT2D eigenvalue weighted by Gasteiger charge is -2.27. The Morgan fingerprint density at radius 2 is 1.85 bits per heavy atom. The molecule has 1 saturated heterocycles. The largest absolute Gasteiger partial charge is 0.416 e. The van der Waals surface area contributed by atoms with E-state index in [-0.39, 0.29) is 17.3 Å². The number of rotatable bonds is 1. The number of likely N-dealkylation sites (tertiary alicyclic amines) is 1. The number of urea groups is 1. The second-order valence-corrected chi connectivity index (χ2v) is 5.01. The second kappa shape index (κ2) is 5.73. The number of nitrogens with zero attached hydrogens (tertiary/aromatic N) is 1. The number of carbonyl (C=O) groups is 1. The first-order valence-corrected chi connectivity index (χ1v) is 6.62. The van der Waals surface area contributed by atoms with Crippen LogP contribution in [0.15, 0.2) is 18.2 Å². The van der Waals surface area contributed by atoms with E-state index >= 15 is 0 Å². The Labute approximate surface area is 115 Å². The standard InChI is InChI=1S/C14H17F3N2O/c1-10-5-6-11(9-12(10)14(15,16)17)18-13(20)19-7-3-2-4-8-19/h5-6,9H,2-4,7-8H2,1H3,(H,18,20). The zero-order valence-corrected chi connectivity index (χ0v) is 11.3. The van der Waals surface area contributed by atoms with Gasteiger partial charge < -0.3 is 10.2 Å². The normalized spacial score (nSPS) is 16.1. The van der Waals surface area contributed by atoms with Gasteiger partial charge in [0.15, 0.2) is 0 Å². The Hall–Kier alpha value is -1.72. The maximum atomic E-state index is 12.8.